The van der Waals surface area contributed by atoms with Crippen LogP contribution in [0.5, 0.6) is 5.75 Å². The number of hydrogen-bond donors (Lipinski definition) is 0. The van der Waals surface area contributed by atoms with Crippen LogP contribution in [-0.4, -0.2) is 11.9 Å². The van der Waals surface area contributed by atoms with Crippen LogP contribution in [0.25, 0.3) is 10.9 Å². The Balaban J connectivity index is 1.89. The molecule has 27 heavy (non-hydrogen) atoms. The van der Waals surface area contributed by atoms with Crippen molar-refractivity contribution in [3.63, 3.8) is 0 Å². The van der Waals surface area contributed by atoms with Gasteiger partial charge in [-0.3, -0.25) is 0 Å². The number of hydrogen-bond acceptors (Lipinski definition) is 2. The summed E-state index contributed by atoms with van der Waals surface area (Å²) in [7, 11) is 0. The molecular formula is C22H16BF2NO. The van der Waals surface area contributed by atoms with Crippen molar-refractivity contribution in [2.45, 2.75) is 6.92 Å². The number of pyridine rings is 1. The molecule has 4 aromatic rings. The lowest BCUT2D eigenvalue weighted by molar-refractivity contribution is 0.464. The summed E-state index contributed by atoms with van der Waals surface area (Å²) in [6.45, 7) is 1.21. The summed E-state index contributed by atoms with van der Waals surface area (Å²) in [5.74, 6) is -2.16. The number of aryl methyl sites for hydroxylation is 1. The van der Waals surface area contributed by atoms with Crippen LogP contribution < -0.4 is 15.6 Å². The van der Waals surface area contributed by atoms with Crippen LogP contribution in [0.3, 0.4) is 0 Å². The maximum atomic E-state index is 14.7. The van der Waals surface area contributed by atoms with Gasteiger partial charge < -0.3 is 4.65 Å². The van der Waals surface area contributed by atoms with E-state index in [2.05, 4.69) is 4.98 Å². The van der Waals surface area contributed by atoms with Gasteiger partial charge in [-0.25, -0.2) is 9.37 Å². The zero-order valence-electron chi connectivity index (χ0n) is 14.7. The second-order valence-electron chi connectivity index (χ2n) is 6.35. The molecule has 0 saturated carbocycles. The minimum Gasteiger partial charge on any atom is -0.548 e. The van der Waals surface area contributed by atoms with Gasteiger partial charge in [-0.05, 0) is 30.0 Å². The molecule has 3 aromatic carbocycles. The van der Waals surface area contributed by atoms with Crippen molar-refractivity contribution >= 4 is 28.7 Å². The number of benzene rings is 3. The molecule has 132 valence electrons. The Morgan fingerprint density at radius 2 is 1.41 bits per heavy atom. The molecule has 0 N–H and O–H groups in total. The van der Waals surface area contributed by atoms with Crippen LogP contribution in [-0.2, 0) is 0 Å². The first-order chi connectivity index (χ1) is 13.1. The third kappa shape index (κ3) is 3.41. The van der Waals surface area contributed by atoms with E-state index in [4.69, 9.17) is 4.65 Å². The molecule has 0 atom stereocenters. The summed E-state index contributed by atoms with van der Waals surface area (Å²) < 4.78 is 35.0. The Morgan fingerprint density at radius 1 is 0.815 bits per heavy atom. The highest BCUT2D eigenvalue weighted by Crippen LogP contribution is 2.30. The number of halogens is 2. The zero-order chi connectivity index (χ0) is 18.8. The first kappa shape index (κ1) is 17.2. The maximum absolute atomic E-state index is 14.7. The fourth-order valence-electron chi connectivity index (χ4n) is 3.09. The second-order valence-corrected chi connectivity index (χ2v) is 6.35. The predicted octanol–water partition coefficient (Wildman–Crippen LogP) is 4.01. The lowest BCUT2D eigenvalue weighted by Crippen LogP contribution is -2.47. The molecule has 0 aliphatic rings. The average Bonchev–Trinajstić information content (AvgIpc) is 2.70. The third-order valence-corrected chi connectivity index (χ3v) is 4.41. The van der Waals surface area contributed by atoms with Gasteiger partial charge in [-0.2, -0.15) is 4.39 Å². The van der Waals surface area contributed by atoms with Crippen molar-refractivity contribution in [2.24, 2.45) is 0 Å². The lowest BCUT2D eigenvalue weighted by atomic mass is 9.55. The van der Waals surface area contributed by atoms with Crippen molar-refractivity contribution in [3.8, 4) is 5.75 Å². The van der Waals surface area contributed by atoms with Gasteiger partial charge in [0.15, 0.2) is 11.6 Å². The molecule has 0 spiro atoms. The quantitative estimate of drug-likeness (QED) is 0.514. The van der Waals surface area contributed by atoms with E-state index in [0.717, 1.165) is 17.0 Å². The van der Waals surface area contributed by atoms with E-state index in [0.29, 0.717) is 16.6 Å². The average molecular weight is 359 g/mol. The van der Waals surface area contributed by atoms with Crippen molar-refractivity contribution in [3.05, 3.63) is 96.2 Å². The van der Waals surface area contributed by atoms with Gasteiger partial charge >= 0.3 is 6.92 Å². The molecule has 0 unspecified atom stereocenters. The van der Waals surface area contributed by atoms with Gasteiger partial charge in [-0.15, -0.1) is 0 Å². The molecule has 0 aliphatic heterocycles. The first-order valence-electron chi connectivity index (χ1n) is 8.65. The maximum Gasteiger partial charge on any atom is 0.426 e. The highest BCUT2D eigenvalue weighted by Gasteiger charge is 2.27. The van der Waals surface area contributed by atoms with Crippen LogP contribution in [0.1, 0.15) is 5.69 Å². The Hall–Kier alpha value is -3.21. The minimum absolute atomic E-state index is 0.175. The third-order valence-electron chi connectivity index (χ3n) is 4.41. The molecule has 0 fully saturated rings. The van der Waals surface area contributed by atoms with Crippen LogP contribution in [0.2, 0.25) is 0 Å². The molecule has 1 aromatic heterocycles. The van der Waals surface area contributed by atoms with Crippen LogP contribution in [0.4, 0.5) is 8.78 Å². The van der Waals surface area contributed by atoms with E-state index in [1.54, 1.807) is 19.1 Å². The molecule has 1 heterocycles. The van der Waals surface area contributed by atoms with Crippen molar-refractivity contribution in [1.29, 1.82) is 0 Å². The van der Waals surface area contributed by atoms with Gasteiger partial charge in [0, 0.05) is 11.1 Å². The van der Waals surface area contributed by atoms with Crippen molar-refractivity contribution in [1.82, 2.24) is 4.98 Å². The number of rotatable bonds is 4. The Morgan fingerprint density at radius 3 is 2.00 bits per heavy atom. The lowest BCUT2D eigenvalue weighted by Gasteiger charge is -2.18. The topological polar surface area (TPSA) is 22.1 Å². The number of aromatic nitrogens is 1. The standard InChI is InChI=1S/C22H16BF2NO/c1-15-12-13-16-14-19(24)20(25)22(21(16)26-15)27-23(17-8-4-2-5-9-17)18-10-6-3-7-11-18/h2-14H,1H3. The largest absolute Gasteiger partial charge is 0.548 e. The second kappa shape index (κ2) is 7.19. The first-order valence-corrected chi connectivity index (χ1v) is 8.65. The summed E-state index contributed by atoms with van der Waals surface area (Å²) in [6.07, 6.45) is 0. The Kier molecular flexibility index (Phi) is 4.59. The van der Waals surface area contributed by atoms with Crippen LogP contribution >= 0.6 is 0 Å². The van der Waals surface area contributed by atoms with Crippen LogP contribution in [0.15, 0.2) is 78.9 Å². The summed E-state index contributed by atoms with van der Waals surface area (Å²) in [5.41, 5.74) is 2.70. The normalized spacial score (nSPS) is 10.8. The van der Waals surface area contributed by atoms with Crippen LogP contribution in [0, 0.1) is 18.6 Å². The highest BCUT2D eigenvalue weighted by atomic mass is 19.2. The van der Waals surface area contributed by atoms with Gasteiger partial charge in [0.1, 0.15) is 5.52 Å². The summed E-state index contributed by atoms with van der Waals surface area (Å²) in [4.78, 5) is 4.39. The van der Waals surface area contributed by atoms with E-state index >= 15 is 0 Å². The van der Waals surface area contributed by atoms with Gasteiger partial charge in [0.05, 0.1) is 0 Å². The predicted molar refractivity (Wildman–Crippen MR) is 105 cm³/mol. The van der Waals surface area contributed by atoms with E-state index < -0.39 is 18.6 Å². The molecule has 2 nitrogen and oxygen atoms in total. The number of nitrogens with zero attached hydrogens (tertiary/aromatic N) is 1. The van der Waals surface area contributed by atoms with Gasteiger partial charge in [0.2, 0.25) is 5.82 Å². The van der Waals surface area contributed by atoms with Gasteiger partial charge in [-0.1, -0.05) is 66.7 Å². The summed E-state index contributed by atoms with van der Waals surface area (Å²) in [5, 5.41) is 0.495. The Labute approximate surface area is 156 Å². The Bertz CT molecular complexity index is 1050. The van der Waals surface area contributed by atoms with Crippen molar-refractivity contribution in [2.75, 3.05) is 0 Å². The molecule has 0 saturated heterocycles. The minimum atomic E-state index is -1.03. The molecule has 4 rings (SSSR count). The van der Waals surface area contributed by atoms with E-state index in [-0.39, 0.29) is 5.75 Å². The molecular weight excluding hydrogens is 343 g/mol. The van der Waals surface area contributed by atoms with E-state index in [9.17, 15) is 8.78 Å². The SMILES string of the molecule is Cc1ccc2cc(F)c(F)c(OB(c3ccccc3)c3ccccc3)c2n1. The number of fused-ring (bicyclic) bond motifs is 1. The molecule has 0 bridgehead atoms. The van der Waals surface area contributed by atoms with E-state index in [1.165, 1.54) is 0 Å². The van der Waals surface area contributed by atoms with Crippen molar-refractivity contribution < 1.29 is 13.4 Å². The molecule has 0 radical (unpaired) electrons. The fraction of sp³-hybridized carbons (Fsp3) is 0.0455. The molecule has 0 amide bonds. The monoisotopic (exact) mass is 359 g/mol. The zero-order valence-corrected chi connectivity index (χ0v) is 14.7. The summed E-state index contributed by atoms with van der Waals surface area (Å²) >= 11 is 0. The summed E-state index contributed by atoms with van der Waals surface area (Å²) in [6, 6.07) is 23.6. The van der Waals surface area contributed by atoms with E-state index in [1.807, 2.05) is 60.7 Å². The smallest absolute Gasteiger partial charge is 0.426 e. The molecule has 5 heteroatoms. The highest BCUT2D eigenvalue weighted by molar-refractivity contribution is 6.80. The van der Waals surface area contributed by atoms with Gasteiger partial charge in [0.25, 0.3) is 0 Å². The fourth-order valence-corrected chi connectivity index (χ4v) is 3.09. The molecule has 0 aliphatic carbocycles.